The molecule has 1 aliphatic rings. The highest BCUT2D eigenvalue weighted by atomic mass is 32.2. The van der Waals surface area contributed by atoms with Crippen molar-refractivity contribution in [2.75, 3.05) is 18.1 Å². The number of carboxylic acid groups (broad SMARTS) is 1. The van der Waals surface area contributed by atoms with Crippen molar-refractivity contribution in [2.24, 2.45) is 0 Å². The fourth-order valence-electron chi connectivity index (χ4n) is 1.96. The fraction of sp³-hybridized carbons (Fsp3) is 0.833. The van der Waals surface area contributed by atoms with Gasteiger partial charge in [0, 0.05) is 31.2 Å². The summed E-state index contributed by atoms with van der Waals surface area (Å²) in [6.45, 7) is 2.94. The largest absolute Gasteiger partial charge is 0.481 e. The van der Waals surface area contributed by atoms with Crippen molar-refractivity contribution in [1.82, 2.24) is 4.90 Å². The number of carboxylic acids is 1. The normalized spacial score (nSPS) is 21.0. The average molecular weight is 259 g/mol. The molecule has 1 atom stereocenters. The summed E-state index contributed by atoms with van der Waals surface area (Å²) in [6.07, 6.45) is 2.99. The summed E-state index contributed by atoms with van der Waals surface area (Å²) in [5.74, 6) is 1.55. The van der Waals surface area contributed by atoms with Gasteiger partial charge in [-0.15, -0.1) is 0 Å². The number of aliphatic carboxylic acids is 1. The van der Waals surface area contributed by atoms with Crippen LogP contribution in [0.1, 0.15) is 39.0 Å². The zero-order chi connectivity index (χ0) is 12.7. The van der Waals surface area contributed by atoms with Gasteiger partial charge < -0.3 is 10.0 Å². The highest BCUT2D eigenvalue weighted by Gasteiger charge is 2.21. The Bertz CT molecular complexity index is 270. The molecular weight excluding hydrogens is 238 g/mol. The van der Waals surface area contributed by atoms with E-state index < -0.39 is 5.97 Å². The number of hydrogen-bond acceptors (Lipinski definition) is 3. The predicted molar refractivity (Wildman–Crippen MR) is 69.2 cm³/mol. The number of nitrogens with zero attached hydrogens (tertiary/aromatic N) is 1. The number of rotatable bonds is 5. The molecule has 1 saturated heterocycles. The molecule has 1 amide bonds. The van der Waals surface area contributed by atoms with Crippen LogP contribution in [0.4, 0.5) is 0 Å². The van der Waals surface area contributed by atoms with Crippen LogP contribution < -0.4 is 0 Å². The number of carbonyl (C=O) groups excluding carboxylic acids is 1. The molecule has 0 spiro atoms. The van der Waals surface area contributed by atoms with E-state index in [0.29, 0.717) is 25.3 Å². The molecule has 1 heterocycles. The molecule has 0 aromatic rings. The Morgan fingerprint density at radius 2 is 2.00 bits per heavy atom. The minimum atomic E-state index is -0.781. The van der Waals surface area contributed by atoms with Crippen LogP contribution in [0.3, 0.4) is 0 Å². The van der Waals surface area contributed by atoms with Crippen LogP contribution in [0.5, 0.6) is 0 Å². The highest BCUT2D eigenvalue weighted by Crippen LogP contribution is 2.17. The van der Waals surface area contributed by atoms with Crippen molar-refractivity contribution < 1.29 is 14.7 Å². The van der Waals surface area contributed by atoms with Crippen LogP contribution in [-0.2, 0) is 9.59 Å². The maximum absolute atomic E-state index is 12.0. The molecule has 17 heavy (non-hydrogen) atoms. The maximum atomic E-state index is 12.0. The maximum Gasteiger partial charge on any atom is 0.303 e. The SMILES string of the molecule is CC1CCSCCN1C(=O)CCCCC(=O)O. The van der Waals surface area contributed by atoms with E-state index >= 15 is 0 Å². The first-order valence-corrected chi connectivity index (χ1v) is 7.35. The zero-order valence-electron chi connectivity index (χ0n) is 10.4. The third-order valence-corrected chi connectivity index (χ3v) is 4.04. The summed E-state index contributed by atoms with van der Waals surface area (Å²) in [5, 5.41) is 8.51. The zero-order valence-corrected chi connectivity index (χ0v) is 11.2. The van der Waals surface area contributed by atoms with Gasteiger partial charge in [0.05, 0.1) is 0 Å². The van der Waals surface area contributed by atoms with Gasteiger partial charge in [-0.05, 0) is 31.9 Å². The first-order chi connectivity index (χ1) is 8.11. The second-order valence-corrected chi connectivity index (χ2v) is 5.66. The average Bonchev–Trinajstić information content (AvgIpc) is 2.48. The van der Waals surface area contributed by atoms with Crippen LogP contribution in [-0.4, -0.2) is 46.0 Å². The first-order valence-electron chi connectivity index (χ1n) is 6.20. The third kappa shape index (κ3) is 5.44. The molecule has 0 aliphatic carbocycles. The fourth-order valence-corrected chi connectivity index (χ4v) is 3.00. The van der Waals surface area contributed by atoms with Gasteiger partial charge in [0.15, 0.2) is 0 Å². The number of unbranched alkanes of at least 4 members (excludes halogenated alkanes) is 1. The number of thioether (sulfide) groups is 1. The number of amides is 1. The highest BCUT2D eigenvalue weighted by molar-refractivity contribution is 7.99. The molecule has 0 radical (unpaired) electrons. The molecule has 4 nitrogen and oxygen atoms in total. The van der Waals surface area contributed by atoms with Crippen LogP contribution in [0.15, 0.2) is 0 Å². The van der Waals surface area contributed by atoms with Crippen molar-refractivity contribution >= 4 is 23.6 Å². The summed E-state index contributed by atoms with van der Waals surface area (Å²) in [6, 6.07) is 0.331. The van der Waals surface area contributed by atoms with E-state index in [1.807, 2.05) is 16.7 Å². The molecule has 0 aromatic heterocycles. The Labute approximate surface area is 107 Å². The Hall–Kier alpha value is -0.710. The lowest BCUT2D eigenvalue weighted by atomic mass is 10.1. The lowest BCUT2D eigenvalue weighted by molar-refractivity contribution is -0.138. The van der Waals surface area contributed by atoms with Crippen LogP contribution >= 0.6 is 11.8 Å². The predicted octanol–water partition coefficient (Wildman–Crippen LogP) is 1.99. The van der Waals surface area contributed by atoms with E-state index in [2.05, 4.69) is 6.92 Å². The van der Waals surface area contributed by atoms with Crippen molar-refractivity contribution in [3.05, 3.63) is 0 Å². The molecule has 5 heteroatoms. The van der Waals surface area contributed by atoms with E-state index in [-0.39, 0.29) is 12.3 Å². The molecule has 0 bridgehead atoms. The van der Waals surface area contributed by atoms with Crippen LogP contribution in [0.2, 0.25) is 0 Å². The first kappa shape index (κ1) is 14.4. The van der Waals surface area contributed by atoms with E-state index in [0.717, 1.165) is 24.5 Å². The van der Waals surface area contributed by atoms with Crippen LogP contribution in [0.25, 0.3) is 0 Å². The lowest BCUT2D eigenvalue weighted by Crippen LogP contribution is -2.39. The molecule has 98 valence electrons. The van der Waals surface area contributed by atoms with E-state index in [4.69, 9.17) is 5.11 Å². The van der Waals surface area contributed by atoms with E-state index in [1.54, 1.807) is 0 Å². The molecular formula is C12H21NO3S. The standard InChI is InChI=1S/C12H21NO3S/c1-10-6-8-17-9-7-13(10)11(14)4-2-3-5-12(15)16/h10H,2-9H2,1H3,(H,15,16). The smallest absolute Gasteiger partial charge is 0.303 e. The van der Waals surface area contributed by atoms with Crippen molar-refractivity contribution in [2.45, 2.75) is 45.1 Å². The molecule has 0 aromatic carbocycles. The Morgan fingerprint density at radius 3 is 2.71 bits per heavy atom. The second kappa shape index (κ2) is 7.58. The molecule has 1 aliphatic heterocycles. The lowest BCUT2D eigenvalue weighted by Gasteiger charge is -2.26. The minimum absolute atomic E-state index is 0.165. The van der Waals surface area contributed by atoms with E-state index in [9.17, 15) is 9.59 Å². The van der Waals surface area contributed by atoms with Gasteiger partial charge in [0.25, 0.3) is 0 Å². The summed E-state index contributed by atoms with van der Waals surface area (Å²) < 4.78 is 0. The number of carbonyl (C=O) groups is 2. The molecule has 0 saturated carbocycles. The molecule has 1 fully saturated rings. The van der Waals surface area contributed by atoms with Crippen LogP contribution in [0, 0.1) is 0 Å². The molecule has 1 N–H and O–H groups in total. The van der Waals surface area contributed by atoms with Gasteiger partial charge in [-0.1, -0.05) is 0 Å². The number of hydrogen-bond donors (Lipinski definition) is 1. The van der Waals surface area contributed by atoms with Gasteiger partial charge in [-0.2, -0.15) is 11.8 Å². The summed E-state index contributed by atoms with van der Waals surface area (Å²) in [5.41, 5.74) is 0. The minimum Gasteiger partial charge on any atom is -0.481 e. The Morgan fingerprint density at radius 1 is 1.29 bits per heavy atom. The van der Waals surface area contributed by atoms with Gasteiger partial charge in [0.2, 0.25) is 5.91 Å². The monoisotopic (exact) mass is 259 g/mol. The Kier molecular flexibility index (Phi) is 6.40. The quantitative estimate of drug-likeness (QED) is 0.767. The Balaban J connectivity index is 2.27. The van der Waals surface area contributed by atoms with E-state index in [1.165, 1.54) is 0 Å². The summed E-state index contributed by atoms with van der Waals surface area (Å²) in [4.78, 5) is 24.3. The van der Waals surface area contributed by atoms with Gasteiger partial charge in [-0.3, -0.25) is 9.59 Å². The van der Waals surface area contributed by atoms with Crippen molar-refractivity contribution in [1.29, 1.82) is 0 Å². The summed E-state index contributed by atoms with van der Waals surface area (Å²) >= 11 is 1.90. The second-order valence-electron chi connectivity index (χ2n) is 4.44. The summed E-state index contributed by atoms with van der Waals surface area (Å²) in [7, 11) is 0. The molecule has 1 rings (SSSR count). The van der Waals surface area contributed by atoms with Gasteiger partial charge >= 0.3 is 5.97 Å². The van der Waals surface area contributed by atoms with Crippen molar-refractivity contribution in [3.63, 3.8) is 0 Å². The molecule has 1 unspecified atom stereocenters. The van der Waals surface area contributed by atoms with Gasteiger partial charge in [0.1, 0.15) is 0 Å². The van der Waals surface area contributed by atoms with Crippen molar-refractivity contribution in [3.8, 4) is 0 Å². The van der Waals surface area contributed by atoms with Gasteiger partial charge in [-0.25, -0.2) is 0 Å². The topological polar surface area (TPSA) is 57.6 Å². The third-order valence-electron chi connectivity index (χ3n) is 3.04.